The summed E-state index contributed by atoms with van der Waals surface area (Å²) >= 11 is 1.19. The first-order chi connectivity index (χ1) is 13.0. The topological polar surface area (TPSA) is 111 Å². The number of amides is 1. The van der Waals surface area contributed by atoms with Gasteiger partial charge in [-0.3, -0.25) is 10.1 Å². The molecule has 1 N–H and O–H groups in total. The van der Waals surface area contributed by atoms with Crippen molar-refractivity contribution in [2.75, 3.05) is 14.2 Å². The van der Waals surface area contributed by atoms with Crippen molar-refractivity contribution >= 4 is 34.6 Å². The largest absolute Gasteiger partial charge is 0.493 e. The molecule has 1 fully saturated rings. The zero-order chi connectivity index (χ0) is 19.4. The van der Waals surface area contributed by atoms with Crippen LogP contribution in [0, 0.1) is 6.92 Å². The zero-order valence-electron chi connectivity index (χ0n) is 15.1. The van der Waals surface area contributed by atoms with Gasteiger partial charge >= 0.3 is 0 Å². The van der Waals surface area contributed by atoms with Crippen LogP contribution in [-0.4, -0.2) is 41.3 Å². The number of nitrogens with one attached hydrogen (secondary N) is 1. The predicted molar refractivity (Wildman–Crippen MR) is 102 cm³/mol. The van der Waals surface area contributed by atoms with Gasteiger partial charge in [0.15, 0.2) is 22.4 Å². The van der Waals surface area contributed by atoms with E-state index in [4.69, 9.17) is 9.47 Å². The van der Waals surface area contributed by atoms with Gasteiger partial charge in [0.05, 0.1) is 24.8 Å². The van der Waals surface area contributed by atoms with Crippen LogP contribution in [0.15, 0.2) is 37.9 Å². The lowest BCUT2D eigenvalue weighted by Gasteiger charge is -2.07. The highest BCUT2D eigenvalue weighted by molar-refractivity contribution is 8.18. The lowest BCUT2D eigenvalue weighted by molar-refractivity contribution is -0.115. The Kier molecular flexibility index (Phi) is 5.55. The standard InChI is InChI=1S/C17H17N5O4S/c1-9(15-10(2)21-26-22-15)19-20-17-18-16(23)14(27-17)8-11-5-6-12(24-3)13(7-11)25-4/h5-8H,1-4H3,(H,18,20,23)/b14-8+,19-9+. The number of ether oxygens (including phenoxy) is 2. The summed E-state index contributed by atoms with van der Waals surface area (Å²) < 4.78 is 15.1. The quantitative estimate of drug-likeness (QED) is 0.476. The fraction of sp³-hybridized carbons (Fsp3) is 0.235. The Bertz CT molecular complexity index is 964. The molecule has 1 saturated heterocycles. The first-order valence-corrected chi connectivity index (χ1v) is 8.68. The maximum atomic E-state index is 12.2. The number of carbonyl (C=O) groups excluding carboxylic acids is 1. The van der Waals surface area contributed by atoms with E-state index in [0.29, 0.717) is 38.7 Å². The molecule has 0 radical (unpaired) electrons. The number of thioether (sulfide) groups is 1. The Morgan fingerprint density at radius 1 is 1.26 bits per heavy atom. The molecule has 0 unspecified atom stereocenters. The fourth-order valence-electron chi connectivity index (χ4n) is 2.30. The predicted octanol–water partition coefficient (Wildman–Crippen LogP) is 2.38. The molecule has 27 heavy (non-hydrogen) atoms. The van der Waals surface area contributed by atoms with Crippen LogP contribution in [0.4, 0.5) is 0 Å². The minimum Gasteiger partial charge on any atom is -0.493 e. The minimum absolute atomic E-state index is 0.249. The van der Waals surface area contributed by atoms with Gasteiger partial charge in [0, 0.05) is 0 Å². The highest BCUT2D eigenvalue weighted by Gasteiger charge is 2.24. The molecule has 1 aromatic carbocycles. The molecule has 1 amide bonds. The van der Waals surface area contributed by atoms with Crippen LogP contribution in [0.5, 0.6) is 11.5 Å². The highest BCUT2D eigenvalue weighted by atomic mass is 32.2. The number of carbonyl (C=O) groups is 1. The molecular weight excluding hydrogens is 370 g/mol. The highest BCUT2D eigenvalue weighted by Crippen LogP contribution is 2.31. The van der Waals surface area contributed by atoms with Gasteiger partial charge in [0.25, 0.3) is 5.91 Å². The number of aryl methyl sites for hydroxylation is 1. The number of hydrogen-bond donors (Lipinski definition) is 1. The molecule has 3 rings (SSSR count). The summed E-state index contributed by atoms with van der Waals surface area (Å²) in [5, 5.41) is 18.7. The summed E-state index contributed by atoms with van der Waals surface area (Å²) in [7, 11) is 3.13. The number of amidine groups is 1. The molecule has 1 aliphatic rings. The van der Waals surface area contributed by atoms with Gasteiger partial charge in [-0.2, -0.15) is 5.10 Å². The van der Waals surface area contributed by atoms with Crippen LogP contribution in [0.2, 0.25) is 0 Å². The third kappa shape index (κ3) is 4.17. The lowest BCUT2D eigenvalue weighted by Crippen LogP contribution is -2.19. The monoisotopic (exact) mass is 387 g/mol. The summed E-state index contributed by atoms with van der Waals surface area (Å²) in [5.41, 5.74) is 2.48. The zero-order valence-corrected chi connectivity index (χ0v) is 16.0. The van der Waals surface area contributed by atoms with E-state index in [1.807, 2.05) is 6.07 Å². The Hall–Kier alpha value is -3.14. The number of hydrogen-bond acceptors (Lipinski definition) is 9. The first kappa shape index (κ1) is 18.6. The van der Waals surface area contributed by atoms with E-state index in [-0.39, 0.29) is 5.91 Å². The second-order valence-corrected chi connectivity index (χ2v) is 6.50. The second-order valence-electron chi connectivity index (χ2n) is 5.47. The smallest absolute Gasteiger partial charge is 0.264 e. The summed E-state index contributed by atoms with van der Waals surface area (Å²) in [4.78, 5) is 12.7. The van der Waals surface area contributed by atoms with E-state index in [0.717, 1.165) is 5.56 Å². The van der Waals surface area contributed by atoms with Crippen molar-refractivity contribution in [3.05, 3.63) is 40.1 Å². The number of nitrogens with zero attached hydrogens (tertiary/aromatic N) is 4. The molecule has 10 heteroatoms. The Labute approximate surface area is 159 Å². The molecule has 0 atom stereocenters. The van der Waals surface area contributed by atoms with Crippen LogP contribution in [0.3, 0.4) is 0 Å². The van der Waals surface area contributed by atoms with E-state index in [2.05, 4.69) is 30.5 Å². The van der Waals surface area contributed by atoms with Gasteiger partial charge in [-0.15, -0.1) is 5.10 Å². The van der Waals surface area contributed by atoms with Crippen LogP contribution in [0.1, 0.15) is 23.9 Å². The van der Waals surface area contributed by atoms with Gasteiger partial charge in [-0.1, -0.05) is 11.2 Å². The molecule has 0 saturated carbocycles. The van der Waals surface area contributed by atoms with Crippen molar-refractivity contribution in [1.29, 1.82) is 0 Å². The Morgan fingerprint density at radius 3 is 2.70 bits per heavy atom. The molecule has 2 heterocycles. The first-order valence-electron chi connectivity index (χ1n) is 7.86. The summed E-state index contributed by atoms with van der Waals surface area (Å²) in [6.07, 6.45) is 1.74. The van der Waals surface area contributed by atoms with Crippen molar-refractivity contribution in [2.24, 2.45) is 10.2 Å². The second kappa shape index (κ2) is 8.04. The van der Waals surface area contributed by atoms with Crippen molar-refractivity contribution in [3.63, 3.8) is 0 Å². The lowest BCUT2D eigenvalue weighted by atomic mass is 10.2. The molecule has 9 nitrogen and oxygen atoms in total. The third-order valence-electron chi connectivity index (χ3n) is 3.64. The van der Waals surface area contributed by atoms with Crippen LogP contribution < -0.4 is 14.8 Å². The average Bonchev–Trinajstić information content (AvgIpc) is 3.25. The number of rotatable bonds is 5. The van der Waals surface area contributed by atoms with Crippen LogP contribution >= 0.6 is 11.8 Å². The van der Waals surface area contributed by atoms with Gasteiger partial charge in [-0.05, 0) is 54.5 Å². The Balaban J connectivity index is 1.79. The van der Waals surface area contributed by atoms with Gasteiger partial charge in [-0.25, -0.2) is 4.63 Å². The maximum Gasteiger partial charge on any atom is 0.264 e. The molecule has 2 aromatic rings. The van der Waals surface area contributed by atoms with E-state index >= 15 is 0 Å². The summed E-state index contributed by atoms with van der Waals surface area (Å²) in [6.45, 7) is 3.49. The minimum atomic E-state index is -0.249. The fourth-order valence-corrected chi connectivity index (χ4v) is 3.07. The van der Waals surface area contributed by atoms with Crippen molar-refractivity contribution < 1.29 is 18.9 Å². The van der Waals surface area contributed by atoms with Crippen LogP contribution in [-0.2, 0) is 4.79 Å². The normalized spacial score (nSPS) is 17.5. The summed E-state index contributed by atoms with van der Waals surface area (Å²) in [6, 6.07) is 5.40. The number of benzene rings is 1. The molecule has 1 aliphatic heterocycles. The Morgan fingerprint density at radius 2 is 2.04 bits per heavy atom. The van der Waals surface area contributed by atoms with Gasteiger partial charge in [0.2, 0.25) is 0 Å². The third-order valence-corrected chi connectivity index (χ3v) is 4.54. The molecule has 0 aliphatic carbocycles. The number of aromatic nitrogens is 2. The summed E-state index contributed by atoms with van der Waals surface area (Å²) in [5.74, 6) is 0.953. The van der Waals surface area contributed by atoms with E-state index in [1.54, 1.807) is 46.3 Å². The molecule has 140 valence electrons. The van der Waals surface area contributed by atoms with Gasteiger partial charge in [0.1, 0.15) is 5.69 Å². The molecular formula is C17H17N5O4S. The van der Waals surface area contributed by atoms with E-state index in [1.165, 1.54) is 11.8 Å². The SMILES string of the molecule is COc1ccc(/C=C2/S/C(=N/N=C(\C)c3nonc3C)NC2=O)cc1OC. The van der Waals surface area contributed by atoms with Crippen molar-refractivity contribution in [3.8, 4) is 11.5 Å². The maximum absolute atomic E-state index is 12.2. The van der Waals surface area contributed by atoms with E-state index in [9.17, 15) is 4.79 Å². The average molecular weight is 387 g/mol. The number of methoxy groups -OCH3 is 2. The van der Waals surface area contributed by atoms with Gasteiger partial charge < -0.3 is 9.47 Å². The molecule has 1 aromatic heterocycles. The van der Waals surface area contributed by atoms with E-state index < -0.39 is 0 Å². The molecule has 0 bridgehead atoms. The van der Waals surface area contributed by atoms with Crippen molar-refractivity contribution in [2.45, 2.75) is 13.8 Å². The molecule has 0 spiro atoms. The van der Waals surface area contributed by atoms with Crippen LogP contribution in [0.25, 0.3) is 6.08 Å². The van der Waals surface area contributed by atoms with Crippen molar-refractivity contribution in [1.82, 2.24) is 15.6 Å².